The number of nitrogens with zero attached hydrogens (tertiary/aromatic N) is 2. The minimum absolute atomic E-state index is 0.666. The molecule has 0 bridgehead atoms. The van der Waals surface area contributed by atoms with E-state index in [1.54, 1.807) is 0 Å². The van der Waals surface area contributed by atoms with E-state index in [0.717, 1.165) is 12.6 Å². The minimum Gasteiger partial charge on any atom is -0.313 e. The second-order valence-corrected chi connectivity index (χ2v) is 5.30. The monoisotopic (exact) mass is 227 g/mol. The summed E-state index contributed by atoms with van der Waals surface area (Å²) in [6.07, 6.45) is 3.88. The molecule has 0 radical (unpaired) electrons. The topological polar surface area (TPSA) is 18.5 Å². The van der Waals surface area contributed by atoms with Crippen LogP contribution in [0.2, 0.25) is 0 Å². The molecule has 16 heavy (non-hydrogen) atoms. The van der Waals surface area contributed by atoms with Crippen molar-refractivity contribution in [3.05, 3.63) is 0 Å². The molecule has 1 heterocycles. The van der Waals surface area contributed by atoms with Gasteiger partial charge in [-0.2, -0.15) is 0 Å². The van der Waals surface area contributed by atoms with Gasteiger partial charge < -0.3 is 15.1 Å². The van der Waals surface area contributed by atoms with Gasteiger partial charge in [0.2, 0.25) is 0 Å². The summed E-state index contributed by atoms with van der Waals surface area (Å²) in [6.45, 7) is 9.39. The third-order valence-corrected chi connectivity index (χ3v) is 3.82. The molecule has 1 aliphatic heterocycles. The number of rotatable bonds is 6. The van der Waals surface area contributed by atoms with Crippen molar-refractivity contribution in [2.24, 2.45) is 0 Å². The van der Waals surface area contributed by atoms with Crippen LogP contribution in [-0.4, -0.2) is 62.2 Å². The van der Waals surface area contributed by atoms with Gasteiger partial charge in [0.1, 0.15) is 0 Å². The largest absolute Gasteiger partial charge is 0.313 e. The lowest BCUT2D eigenvalue weighted by Gasteiger charge is -2.35. The molecule has 0 aromatic carbocycles. The van der Waals surface area contributed by atoms with E-state index < -0.39 is 0 Å². The molecular weight excluding hydrogens is 198 g/mol. The van der Waals surface area contributed by atoms with Crippen molar-refractivity contribution >= 4 is 0 Å². The average Bonchev–Trinajstić information content (AvgIpc) is 2.29. The molecular formula is C13H29N3. The van der Waals surface area contributed by atoms with E-state index in [1.807, 2.05) is 0 Å². The summed E-state index contributed by atoms with van der Waals surface area (Å²) in [4.78, 5) is 4.96. The van der Waals surface area contributed by atoms with Crippen LogP contribution >= 0.6 is 0 Å². The standard InChI is InChI=1S/C13H29N3/c1-5-12(2)14-8-11-16-9-6-13(7-10-16)15(3)4/h12-14H,5-11H2,1-4H3. The van der Waals surface area contributed by atoms with Crippen LogP contribution < -0.4 is 5.32 Å². The molecule has 1 N–H and O–H groups in total. The molecule has 1 saturated heterocycles. The van der Waals surface area contributed by atoms with Gasteiger partial charge in [0.25, 0.3) is 0 Å². The molecule has 0 aromatic heterocycles. The highest BCUT2D eigenvalue weighted by atomic mass is 15.2. The molecule has 0 saturated carbocycles. The molecule has 1 atom stereocenters. The molecule has 1 unspecified atom stereocenters. The molecule has 3 heteroatoms. The lowest BCUT2D eigenvalue weighted by Crippen LogP contribution is -2.44. The SMILES string of the molecule is CCC(C)NCCN1CCC(N(C)C)CC1. The first-order valence-corrected chi connectivity index (χ1v) is 6.75. The van der Waals surface area contributed by atoms with Crippen LogP contribution in [0.15, 0.2) is 0 Å². The Morgan fingerprint density at radius 3 is 2.44 bits per heavy atom. The Balaban J connectivity index is 2.08. The first kappa shape index (κ1) is 13.9. The summed E-state index contributed by atoms with van der Waals surface area (Å²) < 4.78 is 0. The normalized spacial score (nSPS) is 21.6. The molecule has 1 aliphatic rings. The first-order valence-electron chi connectivity index (χ1n) is 6.75. The molecule has 0 aliphatic carbocycles. The second-order valence-electron chi connectivity index (χ2n) is 5.30. The molecule has 3 nitrogen and oxygen atoms in total. The van der Waals surface area contributed by atoms with Crippen molar-refractivity contribution in [1.29, 1.82) is 0 Å². The lowest BCUT2D eigenvalue weighted by molar-refractivity contribution is 0.145. The average molecular weight is 227 g/mol. The maximum Gasteiger partial charge on any atom is 0.0113 e. The summed E-state index contributed by atoms with van der Waals surface area (Å²) in [5, 5.41) is 3.56. The van der Waals surface area contributed by atoms with Gasteiger partial charge in [-0.3, -0.25) is 0 Å². The fraction of sp³-hybridized carbons (Fsp3) is 1.00. The van der Waals surface area contributed by atoms with Gasteiger partial charge in [-0.25, -0.2) is 0 Å². The quantitative estimate of drug-likeness (QED) is 0.740. The van der Waals surface area contributed by atoms with Crippen molar-refractivity contribution in [3.8, 4) is 0 Å². The predicted molar refractivity (Wildman–Crippen MR) is 70.9 cm³/mol. The second kappa shape index (κ2) is 7.25. The van der Waals surface area contributed by atoms with E-state index in [9.17, 15) is 0 Å². The maximum atomic E-state index is 3.56. The molecule has 1 fully saturated rings. The zero-order valence-corrected chi connectivity index (χ0v) is 11.5. The maximum absolute atomic E-state index is 3.56. The Morgan fingerprint density at radius 2 is 1.94 bits per heavy atom. The summed E-state index contributed by atoms with van der Waals surface area (Å²) in [7, 11) is 4.40. The number of hydrogen-bond acceptors (Lipinski definition) is 3. The molecule has 0 aromatic rings. The molecule has 0 amide bonds. The van der Waals surface area contributed by atoms with Crippen molar-refractivity contribution in [2.45, 2.75) is 45.2 Å². The number of likely N-dealkylation sites (tertiary alicyclic amines) is 1. The Morgan fingerprint density at radius 1 is 1.31 bits per heavy atom. The third-order valence-electron chi connectivity index (χ3n) is 3.82. The minimum atomic E-state index is 0.666. The van der Waals surface area contributed by atoms with Crippen molar-refractivity contribution in [2.75, 3.05) is 40.3 Å². The smallest absolute Gasteiger partial charge is 0.0113 e. The van der Waals surface area contributed by atoms with E-state index in [1.165, 1.54) is 38.9 Å². The first-order chi connectivity index (χ1) is 7.63. The Hall–Kier alpha value is -0.120. The Bertz CT molecular complexity index is 174. The van der Waals surface area contributed by atoms with Gasteiger partial charge in [0.05, 0.1) is 0 Å². The van der Waals surface area contributed by atoms with Crippen LogP contribution in [-0.2, 0) is 0 Å². The van der Waals surface area contributed by atoms with Gasteiger partial charge in [0, 0.05) is 25.2 Å². The van der Waals surface area contributed by atoms with E-state index in [2.05, 4.69) is 43.1 Å². The Kier molecular flexibility index (Phi) is 6.32. The molecule has 96 valence electrons. The number of hydrogen-bond donors (Lipinski definition) is 1. The summed E-state index contributed by atoms with van der Waals surface area (Å²) in [5.41, 5.74) is 0. The number of piperidine rings is 1. The lowest BCUT2D eigenvalue weighted by atomic mass is 10.0. The van der Waals surface area contributed by atoms with Crippen LogP contribution in [0.1, 0.15) is 33.1 Å². The summed E-state index contributed by atoms with van der Waals surface area (Å²) in [5.74, 6) is 0. The van der Waals surface area contributed by atoms with Crippen molar-refractivity contribution in [3.63, 3.8) is 0 Å². The number of nitrogens with one attached hydrogen (secondary N) is 1. The van der Waals surface area contributed by atoms with Crippen LogP contribution in [0.25, 0.3) is 0 Å². The van der Waals surface area contributed by atoms with Crippen LogP contribution in [0.4, 0.5) is 0 Å². The molecule has 0 spiro atoms. The van der Waals surface area contributed by atoms with E-state index in [0.29, 0.717) is 6.04 Å². The van der Waals surface area contributed by atoms with Crippen LogP contribution in [0, 0.1) is 0 Å². The van der Waals surface area contributed by atoms with E-state index in [-0.39, 0.29) is 0 Å². The van der Waals surface area contributed by atoms with Crippen LogP contribution in [0.5, 0.6) is 0 Å². The summed E-state index contributed by atoms with van der Waals surface area (Å²) >= 11 is 0. The van der Waals surface area contributed by atoms with Gasteiger partial charge in [0.15, 0.2) is 0 Å². The van der Waals surface area contributed by atoms with Crippen molar-refractivity contribution in [1.82, 2.24) is 15.1 Å². The van der Waals surface area contributed by atoms with E-state index in [4.69, 9.17) is 0 Å². The highest BCUT2D eigenvalue weighted by Crippen LogP contribution is 2.13. The Labute approximate surface area is 101 Å². The van der Waals surface area contributed by atoms with Gasteiger partial charge >= 0.3 is 0 Å². The highest BCUT2D eigenvalue weighted by molar-refractivity contribution is 4.77. The fourth-order valence-electron chi connectivity index (χ4n) is 2.27. The van der Waals surface area contributed by atoms with Gasteiger partial charge in [-0.1, -0.05) is 6.92 Å². The third kappa shape index (κ3) is 4.81. The fourth-order valence-corrected chi connectivity index (χ4v) is 2.27. The van der Waals surface area contributed by atoms with Crippen molar-refractivity contribution < 1.29 is 0 Å². The zero-order valence-electron chi connectivity index (χ0n) is 11.5. The van der Waals surface area contributed by atoms with Crippen LogP contribution in [0.3, 0.4) is 0 Å². The van der Waals surface area contributed by atoms with E-state index >= 15 is 0 Å². The predicted octanol–water partition coefficient (Wildman–Crippen LogP) is 1.40. The summed E-state index contributed by atoms with van der Waals surface area (Å²) in [6, 6.07) is 1.47. The van der Waals surface area contributed by atoms with Gasteiger partial charge in [-0.15, -0.1) is 0 Å². The highest BCUT2D eigenvalue weighted by Gasteiger charge is 2.19. The van der Waals surface area contributed by atoms with Gasteiger partial charge in [-0.05, 0) is 53.4 Å². The molecule has 1 rings (SSSR count). The zero-order chi connectivity index (χ0) is 12.0.